The van der Waals surface area contributed by atoms with Crippen LogP contribution in [0.15, 0.2) is 24.3 Å². The van der Waals surface area contributed by atoms with E-state index in [-0.39, 0.29) is 29.8 Å². The molecule has 1 N–H and O–H groups in total. The van der Waals surface area contributed by atoms with Gasteiger partial charge in [0.2, 0.25) is 5.91 Å². The highest BCUT2D eigenvalue weighted by molar-refractivity contribution is 7.91. The molecule has 0 spiro atoms. The summed E-state index contributed by atoms with van der Waals surface area (Å²) in [5.41, 5.74) is 1.69. The number of nitrogens with zero attached hydrogens (tertiary/aromatic N) is 3. The van der Waals surface area contributed by atoms with Crippen LogP contribution in [0.2, 0.25) is 0 Å². The highest BCUT2D eigenvalue weighted by Gasteiger charge is 2.29. The van der Waals surface area contributed by atoms with E-state index >= 15 is 0 Å². The van der Waals surface area contributed by atoms with Crippen molar-refractivity contribution in [1.29, 1.82) is 0 Å². The fourth-order valence-electron chi connectivity index (χ4n) is 3.91. The summed E-state index contributed by atoms with van der Waals surface area (Å²) in [5, 5.41) is 11.5. The van der Waals surface area contributed by atoms with Gasteiger partial charge in [0, 0.05) is 30.6 Å². The monoisotopic (exact) mass is 388 g/mol. The summed E-state index contributed by atoms with van der Waals surface area (Å²) < 4.78 is 25.2. The summed E-state index contributed by atoms with van der Waals surface area (Å²) in [6, 6.07) is 7.60. The van der Waals surface area contributed by atoms with E-state index in [2.05, 4.69) is 20.1 Å². The summed E-state index contributed by atoms with van der Waals surface area (Å²) in [5.74, 6) is 2.04. The first-order valence-electron chi connectivity index (χ1n) is 9.53. The van der Waals surface area contributed by atoms with E-state index in [1.54, 1.807) is 0 Å². The van der Waals surface area contributed by atoms with Crippen molar-refractivity contribution in [2.24, 2.45) is 5.92 Å². The number of rotatable bonds is 4. The molecular formula is C19H24N4O3S. The van der Waals surface area contributed by atoms with Crippen molar-refractivity contribution in [3.8, 4) is 11.4 Å². The number of amides is 1. The van der Waals surface area contributed by atoms with Crippen molar-refractivity contribution < 1.29 is 13.2 Å². The maximum atomic E-state index is 12.2. The van der Waals surface area contributed by atoms with Crippen molar-refractivity contribution in [3.05, 3.63) is 30.1 Å². The molecule has 144 valence electrons. The van der Waals surface area contributed by atoms with Crippen molar-refractivity contribution >= 4 is 21.4 Å². The zero-order chi connectivity index (χ0) is 18.9. The molecule has 2 aromatic rings. The summed E-state index contributed by atoms with van der Waals surface area (Å²) in [6.07, 6.45) is 5.31. The van der Waals surface area contributed by atoms with Gasteiger partial charge >= 0.3 is 0 Å². The van der Waals surface area contributed by atoms with Crippen LogP contribution in [0.4, 0.5) is 5.69 Å². The number of carbonyl (C=O) groups is 1. The summed E-state index contributed by atoms with van der Waals surface area (Å²) in [6.45, 7) is 0.945. The van der Waals surface area contributed by atoms with Gasteiger partial charge in [0.15, 0.2) is 15.7 Å². The fourth-order valence-corrected chi connectivity index (χ4v) is 5.77. The van der Waals surface area contributed by atoms with E-state index in [1.807, 2.05) is 24.3 Å². The van der Waals surface area contributed by atoms with Crippen LogP contribution in [0.3, 0.4) is 0 Å². The standard InChI is InChI=1S/C19H24N4O3S/c24-18(12-14-9-11-27(25,26)13-14)20-16-7-5-15(6-8-16)19-22-21-17-4-2-1-3-10-23(17)19/h5-8,14H,1-4,9-13H2,(H,20,24). The SMILES string of the molecule is O=C(CC1CCS(=O)(=O)C1)Nc1ccc(-c2nnc3n2CCCCC3)cc1. The van der Waals surface area contributed by atoms with Gasteiger partial charge in [0.1, 0.15) is 5.82 Å². The minimum atomic E-state index is -2.95. The fraction of sp³-hybridized carbons (Fsp3) is 0.526. The van der Waals surface area contributed by atoms with E-state index < -0.39 is 9.84 Å². The molecule has 4 rings (SSSR count). The molecule has 2 aliphatic rings. The molecule has 3 heterocycles. The second kappa shape index (κ2) is 7.42. The smallest absolute Gasteiger partial charge is 0.224 e. The van der Waals surface area contributed by atoms with Crippen LogP contribution in [-0.2, 0) is 27.6 Å². The summed E-state index contributed by atoms with van der Waals surface area (Å²) >= 11 is 0. The average Bonchev–Trinajstić information content (AvgIpc) is 3.09. The number of nitrogens with one attached hydrogen (secondary N) is 1. The lowest BCUT2D eigenvalue weighted by molar-refractivity contribution is -0.116. The van der Waals surface area contributed by atoms with Gasteiger partial charge < -0.3 is 9.88 Å². The van der Waals surface area contributed by atoms with Gasteiger partial charge in [0.25, 0.3) is 0 Å². The number of aromatic nitrogens is 3. The Kier molecular flexibility index (Phi) is 4.99. The minimum Gasteiger partial charge on any atom is -0.326 e. The second-order valence-corrected chi connectivity index (χ2v) is 9.73. The molecule has 27 heavy (non-hydrogen) atoms. The number of benzene rings is 1. The summed E-state index contributed by atoms with van der Waals surface area (Å²) in [4.78, 5) is 12.2. The van der Waals surface area contributed by atoms with Crippen molar-refractivity contribution in [2.45, 2.75) is 45.1 Å². The van der Waals surface area contributed by atoms with Gasteiger partial charge in [-0.05, 0) is 49.4 Å². The molecule has 1 amide bonds. The largest absolute Gasteiger partial charge is 0.326 e. The Morgan fingerprint density at radius 3 is 2.70 bits per heavy atom. The molecule has 1 unspecified atom stereocenters. The summed E-state index contributed by atoms with van der Waals surface area (Å²) in [7, 11) is -2.95. The molecule has 0 aliphatic carbocycles. The number of hydrogen-bond acceptors (Lipinski definition) is 5. The molecule has 8 heteroatoms. The number of carbonyl (C=O) groups excluding carboxylic acids is 1. The third-order valence-corrected chi connectivity index (χ3v) is 7.17. The maximum Gasteiger partial charge on any atom is 0.224 e. The van der Waals surface area contributed by atoms with Gasteiger partial charge in [-0.2, -0.15) is 0 Å². The molecule has 1 saturated heterocycles. The first-order chi connectivity index (χ1) is 13.0. The Bertz CT molecular complexity index is 934. The topological polar surface area (TPSA) is 93.9 Å². The Labute approximate surface area is 159 Å². The molecule has 0 radical (unpaired) electrons. The highest BCUT2D eigenvalue weighted by atomic mass is 32.2. The third kappa shape index (κ3) is 4.21. The Morgan fingerprint density at radius 1 is 1.15 bits per heavy atom. The van der Waals surface area contributed by atoms with E-state index in [0.717, 1.165) is 43.0 Å². The molecule has 2 aliphatic heterocycles. The van der Waals surface area contributed by atoms with Crippen molar-refractivity contribution in [3.63, 3.8) is 0 Å². The number of fused-ring (bicyclic) bond motifs is 1. The average molecular weight is 388 g/mol. The predicted molar refractivity (Wildman–Crippen MR) is 103 cm³/mol. The molecule has 1 aromatic carbocycles. The van der Waals surface area contributed by atoms with Gasteiger partial charge in [-0.1, -0.05) is 6.42 Å². The van der Waals surface area contributed by atoms with Crippen LogP contribution in [0.25, 0.3) is 11.4 Å². The first-order valence-corrected chi connectivity index (χ1v) is 11.4. The zero-order valence-electron chi connectivity index (χ0n) is 15.2. The van der Waals surface area contributed by atoms with Crippen LogP contribution in [0.5, 0.6) is 0 Å². The lowest BCUT2D eigenvalue weighted by atomic mass is 10.0. The van der Waals surface area contributed by atoms with Gasteiger partial charge in [-0.25, -0.2) is 8.42 Å². The normalized spacial score (nSPS) is 21.4. The number of sulfone groups is 1. The van der Waals surface area contributed by atoms with Crippen molar-refractivity contribution in [2.75, 3.05) is 16.8 Å². The lowest BCUT2D eigenvalue weighted by Crippen LogP contribution is -2.17. The van der Waals surface area contributed by atoms with Gasteiger partial charge in [0.05, 0.1) is 11.5 Å². The van der Waals surface area contributed by atoms with Crippen LogP contribution in [-0.4, -0.2) is 40.6 Å². The third-order valence-electron chi connectivity index (χ3n) is 5.34. The lowest BCUT2D eigenvalue weighted by Gasteiger charge is -2.10. The highest BCUT2D eigenvalue weighted by Crippen LogP contribution is 2.25. The van der Waals surface area contributed by atoms with Crippen LogP contribution in [0, 0.1) is 5.92 Å². The van der Waals surface area contributed by atoms with E-state index in [4.69, 9.17) is 0 Å². The number of hydrogen-bond donors (Lipinski definition) is 1. The molecule has 0 bridgehead atoms. The van der Waals surface area contributed by atoms with Gasteiger partial charge in [-0.15, -0.1) is 10.2 Å². The Balaban J connectivity index is 1.41. The van der Waals surface area contributed by atoms with E-state index in [1.165, 1.54) is 6.42 Å². The van der Waals surface area contributed by atoms with E-state index in [0.29, 0.717) is 12.1 Å². The quantitative estimate of drug-likeness (QED) is 0.868. The second-order valence-electron chi connectivity index (χ2n) is 7.50. The predicted octanol–water partition coefficient (Wildman–Crippen LogP) is 2.43. The molecular weight excluding hydrogens is 364 g/mol. The van der Waals surface area contributed by atoms with Crippen LogP contribution in [0.1, 0.15) is 37.9 Å². The van der Waals surface area contributed by atoms with Crippen LogP contribution >= 0.6 is 0 Å². The van der Waals surface area contributed by atoms with Crippen LogP contribution < -0.4 is 5.32 Å². The first kappa shape index (κ1) is 18.2. The number of aryl methyl sites for hydroxylation is 1. The molecule has 1 fully saturated rings. The molecule has 1 atom stereocenters. The van der Waals surface area contributed by atoms with Gasteiger partial charge in [-0.3, -0.25) is 4.79 Å². The Morgan fingerprint density at radius 2 is 1.96 bits per heavy atom. The minimum absolute atomic E-state index is 0.0688. The molecule has 1 aromatic heterocycles. The maximum absolute atomic E-state index is 12.2. The van der Waals surface area contributed by atoms with Crippen molar-refractivity contribution in [1.82, 2.24) is 14.8 Å². The molecule has 7 nitrogen and oxygen atoms in total. The Hall–Kier alpha value is -2.22. The van der Waals surface area contributed by atoms with E-state index in [9.17, 15) is 13.2 Å². The number of anilines is 1. The zero-order valence-corrected chi connectivity index (χ0v) is 16.0. The molecule has 0 saturated carbocycles.